The van der Waals surface area contributed by atoms with Gasteiger partial charge in [-0.2, -0.15) is 0 Å². The third-order valence-electron chi connectivity index (χ3n) is 6.53. The van der Waals surface area contributed by atoms with Gasteiger partial charge in [0.2, 0.25) is 0 Å². The highest BCUT2D eigenvalue weighted by Crippen LogP contribution is 2.32. The number of carbonyl (C=O) groups excluding carboxylic acids is 3. The van der Waals surface area contributed by atoms with Crippen molar-refractivity contribution in [2.45, 2.75) is 50.2 Å². The summed E-state index contributed by atoms with van der Waals surface area (Å²) in [6, 6.07) is 13.8. The molecule has 4 rings (SSSR count). The molecule has 0 bridgehead atoms. The van der Waals surface area contributed by atoms with Crippen molar-refractivity contribution < 1.29 is 24.2 Å². The van der Waals surface area contributed by atoms with Crippen LogP contribution in [0.2, 0.25) is 0 Å². The summed E-state index contributed by atoms with van der Waals surface area (Å²) in [5, 5.41) is 15.7. The highest BCUT2D eigenvalue weighted by Gasteiger charge is 2.32. The first-order chi connectivity index (χ1) is 17.3. The molecular weight excluding hydrogens is 458 g/mol. The molecule has 8 nitrogen and oxygen atoms in total. The third kappa shape index (κ3) is 6.23. The second kappa shape index (κ2) is 11.3. The molecule has 8 heteroatoms. The maximum absolute atomic E-state index is 13.1. The maximum Gasteiger partial charge on any atom is 0.310 e. The van der Waals surface area contributed by atoms with Gasteiger partial charge in [-0.05, 0) is 55.9 Å². The quantitative estimate of drug-likeness (QED) is 0.449. The fourth-order valence-electron chi connectivity index (χ4n) is 4.40. The molecule has 3 N–H and O–H groups in total. The van der Waals surface area contributed by atoms with Gasteiger partial charge in [0, 0.05) is 19.2 Å². The minimum atomic E-state index is -1.02. The van der Waals surface area contributed by atoms with Crippen molar-refractivity contribution in [3.05, 3.63) is 59.7 Å². The van der Waals surface area contributed by atoms with Crippen LogP contribution in [-0.2, 0) is 20.8 Å². The molecule has 2 aromatic carbocycles. The number of likely N-dealkylation sites (N-methyl/N-ethyl adjacent to an activating group) is 1. The molecule has 1 fully saturated rings. The summed E-state index contributed by atoms with van der Waals surface area (Å²) in [4.78, 5) is 39.1. The zero-order chi connectivity index (χ0) is 25.5. The number of carbonyl (C=O) groups is 3. The van der Waals surface area contributed by atoms with E-state index in [1.54, 1.807) is 25.2 Å². The smallest absolute Gasteiger partial charge is 0.310 e. The lowest BCUT2D eigenvalue weighted by molar-refractivity contribution is -0.140. The third-order valence-corrected chi connectivity index (χ3v) is 6.53. The fraction of sp³-hybridized carbons (Fsp3) is 0.393. The number of aliphatic hydroxyl groups is 1. The lowest BCUT2D eigenvalue weighted by Crippen LogP contribution is -2.53. The van der Waals surface area contributed by atoms with Gasteiger partial charge >= 0.3 is 11.8 Å². The van der Waals surface area contributed by atoms with Gasteiger partial charge in [0.25, 0.3) is 5.91 Å². The Morgan fingerprint density at radius 3 is 2.61 bits per heavy atom. The van der Waals surface area contributed by atoms with Crippen molar-refractivity contribution in [2.24, 2.45) is 0 Å². The van der Waals surface area contributed by atoms with Crippen LogP contribution < -0.4 is 20.3 Å². The number of nitrogens with zero attached hydrogens (tertiary/aromatic N) is 1. The molecule has 0 saturated heterocycles. The first-order valence-corrected chi connectivity index (χ1v) is 12.3. The Bertz CT molecular complexity index is 1180. The summed E-state index contributed by atoms with van der Waals surface area (Å²) in [6.07, 6.45) is 4.94. The molecule has 1 saturated carbocycles. The lowest BCUT2D eigenvalue weighted by atomic mass is 9.85. The van der Waals surface area contributed by atoms with Crippen molar-refractivity contribution in [3.8, 4) is 17.6 Å². The van der Waals surface area contributed by atoms with Gasteiger partial charge in [-0.1, -0.05) is 48.6 Å². The summed E-state index contributed by atoms with van der Waals surface area (Å²) in [7, 11) is 1.58. The molecule has 3 amide bonds. The lowest BCUT2D eigenvalue weighted by Gasteiger charge is -2.26. The number of amides is 3. The molecule has 0 radical (unpaired) electrons. The van der Waals surface area contributed by atoms with Gasteiger partial charge in [0.15, 0.2) is 0 Å². The molecule has 1 atom stereocenters. The number of benzene rings is 2. The molecule has 0 spiro atoms. The van der Waals surface area contributed by atoms with E-state index in [-0.39, 0.29) is 6.61 Å². The molecule has 2 aromatic rings. The Kier molecular flexibility index (Phi) is 7.91. The van der Waals surface area contributed by atoms with Gasteiger partial charge in [0.05, 0.1) is 5.69 Å². The molecule has 1 aliphatic carbocycles. The Hall–Kier alpha value is -3.83. The average Bonchev–Trinajstić information content (AvgIpc) is 3.00. The van der Waals surface area contributed by atoms with Crippen molar-refractivity contribution in [2.75, 3.05) is 25.1 Å². The topological polar surface area (TPSA) is 108 Å². The molecule has 1 aliphatic heterocycles. The number of fused-ring (bicyclic) bond motifs is 1. The fourth-order valence-corrected chi connectivity index (χ4v) is 4.40. The van der Waals surface area contributed by atoms with Gasteiger partial charge in [-0.25, -0.2) is 0 Å². The van der Waals surface area contributed by atoms with E-state index in [2.05, 4.69) is 22.5 Å². The van der Waals surface area contributed by atoms with Crippen LogP contribution in [0.4, 0.5) is 5.69 Å². The Morgan fingerprint density at radius 1 is 1.11 bits per heavy atom. The monoisotopic (exact) mass is 489 g/mol. The standard InChI is InChI=1S/C28H31N3O5/c1-31-23-18-21(12-16-28(35)14-6-3-7-15-28)10-11-24(23)36-19-22(27(31)34)30-26(33)25(32)29-17-13-20-8-4-2-5-9-20/h2,4-5,8-11,18,22,35H,3,6-7,13-15,17,19H2,1H3,(H,29,32)(H,30,33)/t22-/m0/s1. The Morgan fingerprint density at radius 2 is 1.86 bits per heavy atom. The minimum Gasteiger partial charge on any atom is -0.489 e. The van der Waals surface area contributed by atoms with E-state index < -0.39 is 29.4 Å². The zero-order valence-electron chi connectivity index (χ0n) is 20.4. The van der Waals surface area contributed by atoms with Crippen molar-refractivity contribution >= 4 is 23.4 Å². The van der Waals surface area contributed by atoms with Crippen molar-refractivity contribution in [3.63, 3.8) is 0 Å². The van der Waals surface area contributed by atoms with E-state index in [9.17, 15) is 19.5 Å². The van der Waals surface area contributed by atoms with E-state index in [1.807, 2.05) is 30.3 Å². The van der Waals surface area contributed by atoms with Gasteiger partial charge in [0.1, 0.15) is 24.0 Å². The number of ether oxygens (including phenoxy) is 1. The van der Waals surface area contributed by atoms with E-state index in [0.717, 1.165) is 24.8 Å². The predicted molar refractivity (Wildman–Crippen MR) is 135 cm³/mol. The largest absolute Gasteiger partial charge is 0.489 e. The summed E-state index contributed by atoms with van der Waals surface area (Å²) < 4.78 is 5.78. The van der Waals surface area contributed by atoms with Crippen LogP contribution in [0, 0.1) is 11.8 Å². The minimum absolute atomic E-state index is 0.107. The highest BCUT2D eigenvalue weighted by atomic mass is 16.5. The van der Waals surface area contributed by atoms with Crippen LogP contribution in [0.15, 0.2) is 48.5 Å². The maximum atomic E-state index is 13.1. The van der Waals surface area contributed by atoms with Crippen molar-refractivity contribution in [1.82, 2.24) is 10.6 Å². The summed E-state index contributed by atoms with van der Waals surface area (Å²) in [5.41, 5.74) is 1.23. The molecular formula is C28H31N3O5. The van der Waals surface area contributed by atoms with E-state index in [1.165, 1.54) is 4.90 Å². The van der Waals surface area contributed by atoms with Crippen LogP contribution >= 0.6 is 0 Å². The number of hydrogen-bond donors (Lipinski definition) is 3. The molecule has 2 aliphatic rings. The van der Waals surface area contributed by atoms with Gasteiger partial charge in [-0.15, -0.1) is 0 Å². The Balaban J connectivity index is 1.37. The number of rotatable bonds is 4. The molecule has 1 heterocycles. The van der Waals surface area contributed by atoms with E-state index in [4.69, 9.17) is 4.74 Å². The van der Waals surface area contributed by atoms with Crippen LogP contribution in [0.3, 0.4) is 0 Å². The molecule has 0 unspecified atom stereocenters. The summed E-state index contributed by atoms with van der Waals surface area (Å²) in [5.74, 6) is 4.40. The summed E-state index contributed by atoms with van der Waals surface area (Å²) in [6.45, 7) is 0.194. The van der Waals surface area contributed by atoms with E-state index in [0.29, 0.717) is 42.8 Å². The first kappa shape index (κ1) is 25.3. The first-order valence-electron chi connectivity index (χ1n) is 12.3. The van der Waals surface area contributed by atoms with Crippen LogP contribution in [0.5, 0.6) is 5.75 Å². The van der Waals surface area contributed by atoms with E-state index >= 15 is 0 Å². The summed E-state index contributed by atoms with van der Waals surface area (Å²) >= 11 is 0. The highest BCUT2D eigenvalue weighted by molar-refractivity contribution is 6.35. The van der Waals surface area contributed by atoms with Crippen LogP contribution in [0.25, 0.3) is 0 Å². The number of anilines is 1. The number of nitrogens with one attached hydrogen (secondary N) is 2. The normalized spacial score (nSPS) is 18.6. The van der Waals surface area contributed by atoms with Crippen LogP contribution in [0.1, 0.15) is 43.2 Å². The zero-order valence-corrected chi connectivity index (χ0v) is 20.4. The number of hydrogen-bond acceptors (Lipinski definition) is 5. The molecule has 188 valence electrons. The second-order valence-corrected chi connectivity index (χ2v) is 9.25. The average molecular weight is 490 g/mol. The second-order valence-electron chi connectivity index (χ2n) is 9.25. The van der Waals surface area contributed by atoms with Crippen molar-refractivity contribution in [1.29, 1.82) is 0 Å². The Labute approximate surface area is 211 Å². The van der Waals surface area contributed by atoms with Gasteiger partial charge < -0.3 is 25.4 Å². The van der Waals surface area contributed by atoms with Gasteiger partial charge in [-0.3, -0.25) is 14.4 Å². The van der Waals surface area contributed by atoms with Crippen LogP contribution in [-0.4, -0.2) is 54.7 Å². The molecule has 0 aromatic heterocycles. The predicted octanol–water partition coefficient (Wildman–Crippen LogP) is 1.93. The molecule has 36 heavy (non-hydrogen) atoms. The SMILES string of the molecule is CN1C(=O)[C@@H](NC(=O)C(=O)NCCc2ccccc2)COc2ccc(C#CC3(O)CCCCC3)cc21.